The van der Waals surface area contributed by atoms with Crippen molar-refractivity contribution in [1.82, 2.24) is 15.5 Å². The van der Waals surface area contributed by atoms with E-state index >= 15 is 0 Å². The monoisotopic (exact) mass is 499 g/mol. The van der Waals surface area contributed by atoms with Crippen molar-refractivity contribution < 1.29 is 4.79 Å². The van der Waals surface area contributed by atoms with Crippen molar-refractivity contribution >= 4 is 41.7 Å². The summed E-state index contributed by atoms with van der Waals surface area (Å²) in [6.07, 6.45) is 6.82. The smallest absolute Gasteiger partial charge is 0.319 e. The summed E-state index contributed by atoms with van der Waals surface area (Å²) in [6, 6.07) is 7.88. The summed E-state index contributed by atoms with van der Waals surface area (Å²) >= 11 is 0. The van der Waals surface area contributed by atoms with Gasteiger partial charge >= 0.3 is 6.03 Å². The number of anilines is 1. The molecule has 2 amide bonds. The van der Waals surface area contributed by atoms with Gasteiger partial charge in [0, 0.05) is 38.4 Å². The molecule has 1 saturated heterocycles. The van der Waals surface area contributed by atoms with Crippen LogP contribution in [0.3, 0.4) is 0 Å². The van der Waals surface area contributed by atoms with Crippen molar-refractivity contribution in [1.29, 1.82) is 0 Å². The van der Waals surface area contributed by atoms with Gasteiger partial charge in [-0.3, -0.25) is 4.99 Å². The fourth-order valence-corrected chi connectivity index (χ4v) is 4.30. The molecule has 28 heavy (non-hydrogen) atoms. The maximum absolute atomic E-state index is 11.8. The quantitative estimate of drug-likeness (QED) is 0.331. The lowest BCUT2D eigenvalue weighted by Crippen LogP contribution is -2.40. The molecule has 1 saturated carbocycles. The van der Waals surface area contributed by atoms with Crippen LogP contribution in [0.5, 0.6) is 0 Å². The standard InChI is InChI=1S/C21H33N5O.HI/c1-16(2)24-20(27)25-18-8-6-17(7-9-18)14-23-19(22-3)26-13-12-21(15-26)10-4-5-11-21;/h6-9,16H,4-5,10-15H2,1-3H3,(H,22,23)(H2,24,25,27);1H. The number of benzene rings is 1. The summed E-state index contributed by atoms with van der Waals surface area (Å²) in [7, 11) is 1.86. The molecule has 0 atom stereocenters. The Labute approximate surface area is 186 Å². The first-order valence-corrected chi connectivity index (χ1v) is 10.1. The van der Waals surface area contributed by atoms with Crippen molar-refractivity contribution in [2.24, 2.45) is 10.4 Å². The molecule has 0 aromatic heterocycles. The molecule has 2 aliphatic rings. The maximum atomic E-state index is 11.8. The minimum Gasteiger partial charge on any atom is -0.352 e. The van der Waals surface area contributed by atoms with Gasteiger partial charge in [0.25, 0.3) is 0 Å². The maximum Gasteiger partial charge on any atom is 0.319 e. The number of nitrogens with zero attached hydrogens (tertiary/aromatic N) is 2. The van der Waals surface area contributed by atoms with E-state index in [0.717, 1.165) is 31.3 Å². The predicted octanol–water partition coefficient (Wildman–Crippen LogP) is 4.18. The van der Waals surface area contributed by atoms with Crippen LogP contribution in [0.4, 0.5) is 10.5 Å². The van der Waals surface area contributed by atoms with E-state index in [9.17, 15) is 4.79 Å². The van der Waals surface area contributed by atoms with E-state index in [4.69, 9.17) is 0 Å². The number of hydrogen-bond donors (Lipinski definition) is 3. The average molecular weight is 499 g/mol. The van der Waals surface area contributed by atoms with E-state index in [1.807, 2.05) is 45.2 Å². The third kappa shape index (κ3) is 5.99. The van der Waals surface area contributed by atoms with Gasteiger partial charge in [-0.15, -0.1) is 24.0 Å². The number of urea groups is 1. The topological polar surface area (TPSA) is 68.8 Å². The number of halogens is 1. The second-order valence-corrected chi connectivity index (χ2v) is 8.23. The highest BCUT2D eigenvalue weighted by Gasteiger charge is 2.41. The van der Waals surface area contributed by atoms with Crippen LogP contribution in [-0.2, 0) is 6.54 Å². The number of amides is 2. The first-order valence-electron chi connectivity index (χ1n) is 10.1. The van der Waals surface area contributed by atoms with Crippen LogP contribution in [0, 0.1) is 5.41 Å². The molecule has 1 spiro atoms. The highest BCUT2D eigenvalue weighted by atomic mass is 127. The second-order valence-electron chi connectivity index (χ2n) is 8.23. The Morgan fingerprint density at radius 2 is 1.86 bits per heavy atom. The minimum atomic E-state index is -0.175. The van der Waals surface area contributed by atoms with Gasteiger partial charge in [0.05, 0.1) is 0 Å². The molecule has 1 aliphatic carbocycles. The number of hydrogen-bond acceptors (Lipinski definition) is 2. The molecule has 156 valence electrons. The van der Waals surface area contributed by atoms with Crippen molar-refractivity contribution in [2.75, 3.05) is 25.5 Å². The number of guanidine groups is 1. The molecule has 0 unspecified atom stereocenters. The first kappa shape index (κ1) is 22.8. The predicted molar refractivity (Wildman–Crippen MR) is 126 cm³/mol. The summed E-state index contributed by atoms with van der Waals surface area (Å²) in [5.41, 5.74) is 2.51. The van der Waals surface area contributed by atoms with E-state index in [-0.39, 0.29) is 36.0 Å². The first-order chi connectivity index (χ1) is 13.0. The van der Waals surface area contributed by atoms with E-state index in [2.05, 4.69) is 25.8 Å². The highest BCUT2D eigenvalue weighted by Crippen LogP contribution is 2.45. The van der Waals surface area contributed by atoms with Gasteiger partial charge < -0.3 is 20.9 Å². The summed E-state index contributed by atoms with van der Waals surface area (Å²) in [6.45, 7) is 6.86. The highest BCUT2D eigenvalue weighted by molar-refractivity contribution is 14.0. The lowest BCUT2D eigenvalue weighted by atomic mass is 9.86. The summed E-state index contributed by atoms with van der Waals surface area (Å²) in [5.74, 6) is 0.997. The summed E-state index contributed by atoms with van der Waals surface area (Å²) < 4.78 is 0. The van der Waals surface area contributed by atoms with Crippen LogP contribution in [0.15, 0.2) is 29.3 Å². The Morgan fingerprint density at radius 1 is 1.18 bits per heavy atom. The second kappa shape index (κ2) is 10.3. The normalized spacial score (nSPS) is 18.3. The van der Waals surface area contributed by atoms with Crippen molar-refractivity contribution in [2.45, 2.75) is 58.5 Å². The molecule has 0 radical (unpaired) electrons. The Balaban J connectivity index is 0.00000280. The number of aliphatic imine (C=N–C) groups is 1. The molecule has 2 fully saturated rings. The van der Waals surface area contributed by atoms with E-state index in [1.54, 1.807) is 0 Å². The van der Waals surface area contributed by atoms with E-state index in [0.29, 0.717) is 5.41 Å². The fraction of sp³-hybridized carbons (Fsp3) is 0.619. The van der Waals surface area contributed by atoms with Gasteiger partial charge in [-0.25, -0.2) is 4.79 Å². The van der Waals surface area contributed by atoms with Crippen molar-refractivity contribution in [3.8, 4) is 0 Å². The molecule has 1 aliphatic heterocycles. The molecule has 1 heterocycles. The molecule has 1 aromatic rings. The number of likely N-dealkylation sites (tertiary alicyclic amines) is 1. The molecule has 1 aromatic carbocycles. The molecule has 7 heteroatoms. The summed E-state index contributed by atoms with van der Waals surface area (Å²) in [4.78, 5) is 18.7. The zero-order valence-corrected chi connectivity index (χ0v) is 19.6. The van der Waals surface area contributed by atoms with Crippen LogP contribution in [0.1, 0.15) is 51.5 Å². The lowest BCUT2D eigenvalue weighted by molar-refractivity contribution is 0.250. The largest absolute Gasteiger partial charge is 0.352 e. The average Bonchev–Trinajstić information content (AvgIpc) is 3.26. The van der Waals surface area contributed by atoms with Crippen LogP contribution >= 0.6 is 24.0 Å². The van der Waals surface area contributed by atoms with Gasteiger partial charge in [0.2, 0.25) is 0 Å². The zero-order valence-electron chi connectivity index (χ0n) is 17.3. The Kier molecular flexibility index (Phi) is 8.39. The molecule has 3 N–H and O–H groups in total. The Bertz CT molecular complexity index is 668. The molecular weight excluding hydrogens is 465 g/mol. The van der Waals surface area contributed by atoms with Gasteiger partial charge in [-0.05, 0) is 56.2 Å². The molecule has 3 rings (SSSR count). The third-order valence-electron chi connectivity index (χ3n) is 5.70. The Morgan fingerprint density at radius 3 is 2.46 bits per heavy atom. The lowest BCUT2D eigenvalue weighted by Gasteiger charge is -2.26. The van der Waals surface area contributed by atoms with Gasteiger partial charge in [0.1, 0.15) is 0 Å². The molecular formula is C21H34IN5O. The minimum absolute atomic E-state index is 0. The van der Waals surface area contributed by atoms with Gasteiger partial charge in [-0.1, -0.05) is 25.0 Å². The van der Waals surface area contributed by atoms with Crippen LogP contribution in [0.2, 0.25) is 0 Å². The SMILES string of the molecule is CN=C(NCc1ccc(NC(=O)NC(C)C)cc1)N1CCC2(CCCC2)C1.I. The van der Waals surface area contributed by atoms with Crippen molar-refractivity contribution in [3.63, 3.8) is 0 Å². The van der Waals surface area contributed by atoms with E-state index in [1.165, 1.54) is 37.7 Å². The zero-order chi connectivity index (χ0) is 19.3. The number of carbonyl (C=O) groups excluding carboxylic acids is 1. The number of nitrogens with one attached hydrogen (secondary N) is 3. The fourth-order valence-electron chi connectivity index (χ4n) is 4.30. The van der Waals surface area contributed by atoms with E-state index < -0.39 is 0 Å². The van der Waals surface area contributed by atoms with Crippen molar-refractivity contribution in [3.05, 3.63) is 29.8 Å². The molecule has 0 bridgehead atoms. The van der Waals surface area contributed by atoms with Crippen LogP contribution in [0.25, 0.3) is 0 Å². The Hall–Kier alpha value is -1.51. The van der Waals surface area contributed by atoms with Crippen LogP contribution < -0.4 is 16.0 Å². The van der Waals surface area contributed by atoms with Gasteiger partial charge in [-0.2, -0.15) is 0 Å². The van der Waals surface area contributed by atoms with Gasteiger partial charge in [0.15, 0.2) is 5.96 Å². The number of rotatable bonds is 4. The number of carbonyl (C=O) groups is 1. The third-order valence-corrected chi connectivity index (χ3v) is 5.70. The van der Waals surface area contributed by atoms with Crippen LogP contribution in [-0.4, -0.2) is 43.1 Å². The summed E-state index contributed by atoms with van der Waals surface area (Å²) in [5, 5.41) is 9.16. The molecule has 6 nitrogen and oxygen atoms in total.